The molecule has 4 nitrogen and oxygen atoms in total. The van der Waals surface area contributed by atoms with E-state index in [1.54, 1.807) is 0 Å². The topological polar surface area (TPSA) is 74.6 Å². The molecule has 0 heterocycles. The van der Waals surface area contributed by atoms with E-state index in [0.717, 1.165) is 0 Å². The zero-order valence-corrected chi connectivity index (χ0v) is 7.93. The fourth-order valence-electron chi connectivity index (χ4n) is 1.35. The molecule has 0 unspecified atom stereocenters. The second-order valence-electron chi connectivity index (χ2n) is 2.93. The standard InChI is InChI=1S/C11H10O4/c1-2-4-7-8(10(12)13)5-3-6-9(7)11(14)15/h2-3,5-6H,1,4H2,(H,12,13)(H,14,15). The van der Waals surface area contributed by atoms with Gasteiger partial charge >= 0.3 is 11.9 Å². The average molecular weight is 206 g/mol. The molecule has 0 fully saturated rings. The predicted octanol–water partition coefficient (Wildman–Crippen LogP) is 1.81. The maximum Gasteiger partial charge on any atom is 0.335 e. The monoisotopic (exact) mass is 206 g/mol. The number of hydrogen-bond donors (Lipinski definition) is 2. The van der Waals surface area contributed by atoms with Crippen LogP contribution in [0.5, 0.6) is 0 Å². The van der Waals surface area contributed by atoms with Crippen molar-refractivity contribution >= 4 is 11.9 Å². The molecule has 1 aromatic rings. The summed E-state index contributed by atoms with van der Waals surface area (Å²) in [5, 5.41) is 17.7. The molecule has 0 radical (unpaired) electrons. The van der Waals surface area contributed by atoms with Crippen LogP contribution in [0.1, 0.15) is 26.3 Å². The molecule has 2 N–H and O–H groups in total. The van der Waals surface area contributed by atoms with E-state index < -0.39 is 11.9 Å². The predicted molar refractivity (Wildman–Crippen MR) is 54.3 cm³/mol. The van der Waals surface area contributed by atoms with Crippen LogP contribution in [-0.4, -0.2) is 22.2 Å². The third-order valence-corrected chi connectivity index (χ3v) is 1.99. The van der Waals surface area contributed by atoms with E-state index in [-0.39, 0.29) is 23.1 Å². The first-order valence-electron chi connectivity index (χ1n) is 4.27. The van der Waals surface area contributed by atoms with Crippen LogP contribution in [0.15, 0.2) is 30.9 Å². The van der Waals surface area contributed by atoms with Gasteiger partial charge in [0.1, 0.15) is 0 Å². The molecule has 78 valence electrons. The van der Waals surface area contributed by atoms with Crippen molar-refractivity contribution in [3.05, 3.63) is 47.5 Å². The Labute approximate surface area is 86.5 Å². The van der Waals surface area contributed by atoms with E-state index in [0.29, 0.717) is 0 Å². The molecule has 1 aromatic carbocycles. The summed E-state index contributed by atoms with van der Waals surface area (Å²) < 4.78 is 0. The fraction of sp³-hybridized carbons (Fsp3) is 0.0909. The Kier molecular flexibility index (Phi) is 3.23. The van der Waals surface area contributed by atoms with E-state index in [4.69, 9.17) is 10.2 Å². The average Bonchev–Trinajstić information content (AvgIpc) is 2.17. The van der Waals surface area contributed by atoms with Crippen molar-refractivity contribution in [1.82, 2.24) is 0 Å². The first kappa shape index (κ1) is 11.0. The summed E-state index contributed by atoms with van der Waals surface area (Å²) in [6.07, 6.45) is 1.71. The Balaban J connectivity index is 3.40. The van der Waals surface area contributed by atoms with Crippen LogP contribution in [-0.2, 0) is 6.42 Å². The van der Waals surface area contributed by atoms with Crippen molar-refractivity contribution in [2.24, 2.45) is 0 Å². The fourth-order valence-corrected chi connectivity index (χ4v) is 1.35. The van der Waals surface area contributed by atoms with Gasteiger partial charge in [0, 0.05) is 0 Å². The van der Waals surface area contributed by atoms with Crippen LogP contribution in [0, 0.1) is 0 Å². The SMILES string of the molecule is C=CCc1c(C(=O)O)cccc1C(=O)O. The summed E-state index contributed by atoms with van der Waals surface area (Å²) in [5.41, 5.74) is 0.303. The molecule has 0 saturated heterocycles. The molecule has 15 heavy (non-hydrogen) atoms. The van der Waals surface area contributed by atoms with Crippen LogP contribution in [0.3, 0.4) is 0 Å². The minimum atomic E-state index is -1.13. The van der Waals surface area contributed by atoms with Crippen molar-refractivity contribution < 1.29 is 19.8 Å². The quantitative estimate of drug-likeness (QED) is 0.737. The van der Waals surface area contributed by atoms with Crippen molar-refractivity contribution in [3.63, 3.8) is 0 Å². The van der Waals surface area contributed by atoms with Gasteiger partial charge in [0.25, 0.3) is 0 Å². The van der Waals surface area contributed by atoms with Crippen LogP contribution in [0.25, 0.3) is 0 Å². The number of aromatic carboxylic acids is 2. The Bertz CT molecular complexity index is 388. The van der Waals surface area contributed by atoms with E-state index in [9.17, 15) is 9.59 Å². The molecule has 4 heteroatoms. The zero-order chi connectivity index (χ0) is 11.4. The third kappa shape index (κ3) is 2.22. The molecule has 0 saturated carbocycles. The molecule has 0 aromatic heterocycles. The lowest BCUT2D eigenvalue weighted by Gasteiger charge is -2.06. The van der Waals surface area contributed by atoms with Gasteiger partial charge in [-0.2, -0.15) is 0 Å². The Morgan fingerprint density at radius 3 is 2.00 bits per heavy atom. The molecule has 0 aliphatic rings. The molecule has 0 aliphatic heterocycles. The summed E-state index contributed by atoms with van der Waals surface area (Å²) in [4.78, 5) is 21.7. The van der Waals surface area contributed by atoms with Crippen molar-refractivity contribution in [2.75, 3.05) is 0 Å². The number of hydrogen-bond acceptors (Lipinski definition) is 2. The van der Waals surface area contributed by atoms with Crippen molar-refractivity contribution in [2.45, 2.75) is 6.42 Å². The first-order valence-corrected chi connectivity index (χ1v) is 4.27. The maximum atomic E-state index is 10.8. The lowest BCUT2D eigenvalue weighted by atomic mass is 9.98. The summed E-state index contributed by atoms with van der Waals surface area (Å²) in [7, 11) is 0. The number of rotatable bonds is 4. The molecule has 1 rings (SSSR count). The van der Waals surface area contributed by atoms with Crippen molar-refractivity contribution in [3.8, 4) is 0 Å². The Morgan fingerprint density at radius 1 is 1.20 bits per heavy atom. The van der Waals surface area contributed by atoms with Crippen LogP contribution in [0.4, 0.5) is 0 Å². The zero-order valence-electron chi connectivity index (χ0n) is 7.93. The van der Waals surface area contributed by atoms with Gasteiger partial charge in [-0.15, -0.1) is 6.58 Å². The van der Waals surface area contributed by atoms with Gasteiger partial charge in [-0.3, -0.25) is 0 Å². The summed E-state index contributed by atoms with van der Waals surface area (Å²) in [6, 6.07) is 4.18. The lowest BCUT2D eigenvalue weighted by Crippen LogP contribution is -2.09. The number of carboxylic acid groups (broad SMARTS) is 2. The largest absolute Gasteiger partial charge is 0.478 e. The summed E-state index contributed by atoms with van der Waals surface area (Å²) in [5.74, 6) is -2.26. The number of benzene rings is 1. The lowest BCUT2D eigenvalue weighted by molar-refractivity contribution is 0.0696. The smallest absolute Gasteiger partial charge is 0.335 e. The first-order chi connectivity index (χ1) is 7.07. The highest BCUT2D eigenvalue weighted by Gasteiger charge is 2.16. The Morgan fingerprint density at radius 2 is 1.67 bits per heavy atom. The molecule has 0 spiro atoms. The highest BCUT2D eigenvalue weighted by Crippen LogP contribution is 2.16. The molecule has 0 bridgehead atoms. The second-order valence-corrected chi connectivity index (χ2v) is 2.93. The van der Waals surface area contributed by atoms with Gasteiger partial charge in [0.2, 0.25) is 0 Å². The number of carbonyl (C=O) groups is 2. The molecule has 0 amide bonds. The Hall–Kier alpha value is -2.10. The minimum Gasteiger partial charge on any atom is -0.478 e. The van der Waals surface area contributed by atoms with E-state index in [2.05, 4.69) is 6.58 Å². The van der Waals surface area contributed by atoms with Gasteiger partial charge in [-0.25, -0.2) is 9.59 Å². The van der Waals surface area contributed by atoms with Gasteiger partial charge in [-0.1, -0.05) is 12.1 Å². The van der Waals surface area contributed by atoms with E-state index >= 15 is 0 Å². The van der Waals surface area contributed by atoms with E-state index in [1.807, 2.05) is 0 Å². The summed E-state index contributed by atoms with van der Waals surface area (Å²) >= 11 is 0. The van der Waals surface area contributed by atoms with Gasteiger partial charge in [0.05, 0.1) is 11.1 Å². The second kappa shape index (κ2) is 4.41. The summed E-state index contributed by atoms with van der Waals surface area (Å²) in [6.45, 7) is 3.47. The van der Waals surface area contributed by atoms with Crippen molar-refractivity contribution in [1.29, 1.82) is 0 Å². The number of carboxylic acids is 2. The van der Waals surface area contributed by atoms with Gasteiger partial charge in [0.15, 0.2) is 0 Å². The van der Waals surface area contributed by atoms with Gasteiger partial charge in [-0.05, 0) is 24.1 Å². The highest BCUT2D eigenvalue weighted by atomic mass is 16.4. The van der Waals surface area contributed by atoms with Crippen LogP contribution >= 0.6 is 0 Å². The maximum absolute atomic E-state index is 10.8. The third-order valence-electron chi connectivity index (χ3n) is 1.99. The highest BCUT2D eigenvalue weighted by molar-refractivity contribution is 5.96. The normalized spacial score (nSPS) is 9.60. The van der Waals surface area contributed by atoms with Gasteiger partial charge < -0.3 is 10.2 Å². The minimum absolute atomic E-state index is 0.00907. The molecule has 0 atom stereocenters. The van der Waals surface area contributed by atoms with E-state index in [1.165, 1.54) is 24.3 Å². The number of allylic oxidation sites excluding steroid dienone is 1. The van der Waals surface area contributed by atoms with Crippen LogP contribution < -0.4 is 0 Å². The molecular formula is C11H10O4. The van der Waals surface area contributed by atoms with Crippen LogP contribution in [0.2, 0.25) is 0 Å². The molecular weight excluding hydrogens is 196 g/mol. The molecule has 0 aliphatic carbocycles.